The monoisotopic (exact) mass is 387 g/mol. The number of rotatable bonds is 7. The van der Waals surface area contributed by atoms with Crippen LogP contribution in [0.5, 0.6) is 0 Å². The smallest absolute Gasteiger partial charge is 0.290 e. The number of hydrogen-bond acceptors (Lipinski definition) is 5. The number of amides is 1. The molecule has 0 spiro atoms. The van der Waals surface area contributed by atoms with Gasteiger partial charge in [0.1, 0.15) is 5.82 Å². The van der Waals surface area contributed by atoms with Crippen LogP contribution >= 0.6 is 0 Å². The number of hydrogen-bond donors (Lipinski definition) is 2. The zero-order chi connectivity index (χ0) is 20.1. The molecule has 2 aromatic heterocycles. The maximum atomic E-state index is 12.4. The van der Waals surface area contributed by atoms with Crippen molar-refractivity contribution in [1.29, 1.82) is 0 Å². The van der Waals surface area contributed by atoms with Gasteiger partial charge in [-0.3, -0.25) is 9.89 Å². The number of H-pyrrole nitrogens is 1. The third kappa shape index (κ3) is 4.57. The van der Waals surface area contributed by atoms with Crippen molar-refractivity contribution in [2.24, 2.45) is 0 Å². The van der Waals surface area contributed by atoms with Crippen molar-refractivity contribution >= 4 is 5.91 Å². The van der Waals surface area contributed by atoms with Crippen molar-refractivity contribution < 1.29 is 9.32 Å². The lowest BCUT2D eigenvalue weighted by Crippen LogP contribution is -2.23. The van der Waals surface area contributed by atoms with Crippen LogP contribution in [-0.4, -0.2) is 26.2 Å². The highest BCUT2D eigenvalue weighted by atomic mass is 16.5. The number of aromatic nitrogens is 4. The Hall–Kier alpha value is -3.74. The molecule has 29 heavy (non-hydrogen) atoms. The van der Waals surface area contributed by atoms with E-state index in [0.29, 0.717) is 18.1 Å². The van der Waals surface area contributed by atoms with Crippen LogP contribution in [0.2, 0.25) is 0 Å². The average molecular weight is 387 g/mol. The third-order valence-corrected chi connectivity index (χ3v) is 4.65. The molecular weight excluding hydrogens is 366 g/mol. The summed E-state index contributed by atoms with van der Waals surface area (Å²) < 4.78 is 5.22. The first-order valence-corrected chi connectivity index (χ1v) is 9.44. The zero-order valence-electron chi connectivity index (χ0n) is 16.0. The van der Waals surface area contributed by atoms with Crippen LogP contribution in [0.25, 0.3) is 11.4 Å². The molecule has 0 bridgehead atoms. The van der Waals surface area contributed by atoms with Crippen LogP contribution in [0.1, 0.15) is 40.5 Å². The van der Waals surface area contributed by atoms with Crippen LogP contribution in [0.4, 0.5) is 0 Å². The maximum absolute atomic E-state index is 12.4. The molecule has 4 aromatic rings. The Kier molecular flexibility index (Phi) is 5.47. The van der Waals surface area contributed by atoms with Crippen molar-refractivity contribution in [3.05, 3.63) is 89.6 Å². The van der Waals surface area contributed by atoms with Crippen LogP contribution < -0.4 is 5.32 Å². The standard InChI is InChI=1S/C22H21N5O2/c1-15(16-8-4-2-5-9-16)12-18-13-19(29-27-18)22(28)23-14-20-24-21(26-25-20)17-10-6-3-7-11-17/h2-11,13,15H,12,14H2,1H3,(H,23,28)(H,24,25,26)/t15-/m1/s1. The molecule has 0 saturated carbocycles. The summed E-state index contributed by atoms with van der Waals surface area (Å²) >= 11 is 0. The molecule has 0 unspecified atom stereocenters. The lowest BCUT2D eigenvalue weighted by Gasteiger charge is -2.08. The Bertz CT molecular complexity index is 1070. The van der Waals surface area contributed by atoms with Gasteiger partial charge in [0.2, 0.25) is 5.76 Å². The van der Waals surface area contributed by atoms with Gasteiger partial charge in [0.25, 0.3) is 5.91 Å². The average Bonchev–Trinajstić information content (AvgIpc) is 3.43. The van der Waals surface area contributed by atoms with Crippen molar-refractivity contribution in [3.63, 3.8) is 0 Å². The van der Waals surface area contributed by atoms with Gasteiger partial charge in [-0.15, -0.1) is 0 Å². The van der Waals surface area contributed by atoms with Crippen LogP contribution in [0.3, 0.4) is 0 Å². The summed E-state index contributed by atoms with van der Waals surface area (Å²) in [5, 5.41) is 13.8. The largest absolute Gasteiger partial charge is 0.351 e. The molecule has 1 amide bonds. The number of nitrogens with zero attached hydrogens (tertiary/aromatic N) is 3. The van der Waals surface area contributed by atoms with E-state index >= 15 is 0 Å². The zero-order valence-corrected chi connectivity index (χ0v) is 16.0. The molecule has 0 aliphatic heterocycles. The number of benzene rings is 2. The minimum absolute atomic E-state index is 0.183. The summed E-state index contributed by atoms with van der Waals surface area (Å²) in [4.78, 5) is 16.8. The second kappa shape index (κ2) is 8.52. The Labute approximate surface area is 168 Å². The fourth-order valence-corrected chi connectivity index (χ4v) is 3.07. The minimum Gasteiger partial charge on any atom is -0.351 e. The topological polar surface area (TPSA) is 96.7 Å². The van der Waals surface area contributed by atoms with Gasteiger partial charge in [-0.05, 0) is 17.9 Å². The molecular formula is C22H21N5O2. The van der Waals surface area contributed by atoms with Gasteiger partial charge < -0.3 is 9.84 Å². The lowest BCUT2D eigenvalue weighted by molar-refractivity contribution is 0.0913. The quantitative estimate of drug-likeness (QED) is 0.504. The van der Waals surface area contributed by atoms with E-state index in [9.17, 15) is 4.79 Å². The van der Waals surface area contributed by atoms with Crippen molar-refractivity contribution in [2.45, 2.75) is 25.8 Å². The molecule has 7 nitrogen and oxygen atoms in total. The molecule has 4 rings (SSSR count). The fourth-order valence-electron chi connectivity index (χ4n) is 3.07. The number of carbonyl (C=O) groups is 1. The Morgan fingerprint density at radius 1 is 1.10 bits per heavy atom. The normalized spacial score (nSPS) is 11.9. The highest BCUT2D eigenvalue weighted by molar-refractivity contribution is 5.91. The van der Waals surface area contributed by atoms with Crippen molar-refractivity contribution in [1.82, 2.24) is 25.7 Å². The Morgan fingerprint density at radius 3 is 2.59 bits per heavy atom. The predicted molar refractivity (Wildman–Crippen MR) is 108 cm³/mol. The Balaban J connectivity index is 1.33. The summed E-state index contributed by atoms with van der Waals surface area (Å²) in [6.07, 6.45) is 0.698. The molecule has 2 N–H and O–H groups in total. The van der Waals surface area contributed by atoms with Gasteiger partial charge in [-0.25, -0.2) is 4.98 Å². The third-order valence-electron chi connectivity index (χ3n) is 4.65. The summed E-state index contributed by atoms with van der Waals surface area (Å²) in [7, 11) is 0. The van der Waals surface area contributed by atoms with E-state index in [0.717, 1.165) is 11.3 Å². The highest BCUT2D eigenvalue weighted by Gasteiger charge is 2.16. The minimum atomic E-state index is -0.339. The van der Waals surface area contributed by atoms with Gasteiger partial charge in [0.15, 0.2) is 5.82 Å². The summed E-state index contributed by atoms with van der Waals surface area (Å²) in [5.74, 6) is 1.28. The molecule has 0 radical (unpaired) electrons. The number of carbonyl (C=O) groups excluding carboxylic acids is 1. The lowest BCUT2D eigenvalue weighted by atomic mass is 9.96. The first kappa shape index (κ1) is 18.6. The predicted octanol–water partition coefficient (Wildman–Crippen LogP) is 3.74. The van der Waals surface area contributed by atoms with E-state index < -0.39 is 0 Å². The summed E-state index contributed by atoms with van der Waals surface area (Å²) in [6.45, 7) is 2.34. The maximum Gasteiger partial charge on any atom is 0.290 e. The summed E-state index contributed by atoms with van der Waals surface area (Å²) in [5.41, 5.74) is 2.88. The Morgan fingerprint density at radius 2 is 1.83 bits per heavy atom. The second-order valence-electron chi connectivity index (χ2n) is 6.85. The van der Waals surface area contributed by atoms with Gasteiger partial charge in [0.05, 0.1) is 12.2 Å². The van der Waals surface area contributed by atoms with Crippen LogP contribution in [0, 0.1) is 0 Å². The van der Waals surface area contributed by atoms with Crippen LogP contribution in [0.15, 0.2) is 71.3 Å². The first-order valence-electron chi connectivity index (χ1n) is 9.44. The molecule has 0 saturated heterocycles. The van der Waals surface area contributed by atoms with Gasteiger partial charge >= 0.3 is 0 Å². The van der Waals surface area contributed by atoms with Gasteiger partial charge in [-0.2, -0.15) is 5.10 Å². The van der Waals surface area contributed by atoms with E-state index in [4.69, 9.17) is 4.52 Å². The van der Waals surface area contributed by atoms with Gasteiger partial charge in [-0.1, -0.05) is 72.7 Å². The fraction of sp³-hybridized carbons (Fsp3) is 0.182. The van der Waals surface area contributed by atoms with Crippen molar-refractivity contribution in [3.8, 4) is 11.4 Å². The van der Waals surface area contributed by atoms with E-state index in [1.807, 2.05) is 48.5 Å². The molecule has 146 valence electrons. The molecule has 2 heterocycles. The van der Waals surface area contributed by atoms with E-state index in [1.54, 1.807) is 6.07 Å². The SMILES string of the molecule is C[C@H](Cc1cc(C(=O)NCc2nc(-c3ccccc3)n[nH]2)on1)c1ccccc1. The molecule has 7 heteroatoms. The summed E-state index contributed by atoms with van der Waals surface area (Å²) in [6, 6.07) is 21.5. The number of nitrogens with one attached hydrogen (secondary N) is 2. The van der Waals surface area contributed by atoms with E-state index in [1.165, 1.54) is 5.56 Å². The highest BCUT2D eigenvalue weighted by Crippen LogP contribution is 2.20. The van der Waals surface area contributed by atoms with Gasteiger partial charge in [0, 0.05) is 11.6 Å². The first-order chi connectivity index (χ1) is 14.2. The van der Waals surface area contributed by atoms with Crippen molar-refractivity contribution in [2.75, 3.05) is 0 Å². The second-order valence-corrected chi connectivity index (χ2v) is 6.85. The van der Waals surface area contributed by atoms with E-state index in [-0.39, 0.29) is 24.1 Å². The molecule has 1 atom stereocenters. The molecule has 0 aliphatic carbocycles. The van der Waals surface area contributed by atoms with Crippen LogP contribution in [-0.2, 0) is 13.0 Å². The molecule has 0 fully saturated rings. The molecule has 0 aliphatic rings. The van der Waals surface area contributed by atoms with E-state index in [2.05, 4.69) is 44.7 Å². The number of aromatic amines is 1. The molecule has 2 aromatic carbocycles.